The molecule has 19 heavy (non-hydrogen) atoms. The lowest BCUT2D eigenvalue weighted by Crippen LogP contribution is -2.59. The van der Waals surface area contributed by atoms with E-state index in [-0.39, 0.29) is 30.4 Å². The maximum atomic E-state index is 12.4. The molecular formula is C12H22N4O3. The van der Waals surface area contributed by atoms with Crippen LogP contribution in [-0.4, -0.2) is 85.2 Å². The van der Waals surface area contributed by atoms with E-state index in [2.05, 4.69) is 10.6 Å². The van der Waals surface area contributed by atoms with Crippen molar-refractivity contribution in [2.75, 3.05) is 40.3 Å². The lowest BCUT2D eigenvalue weighted by Gasteiger charge is -2.32. The van der Waals surface area contributed by atoms with Gasteiger partial charge in [-0.3, -0.25) is 14.9 Å². The van der Waals surface area contributed by atoms with Crippen molar-refractivity contribution in [1.29, 1.82) is 0 Å². The fourth-order valence-electron chi connectivity index (χ4n) is 2.70. The summed E-state index contributed by atoms with van der Waals surface area (Å²) in [4.78, 5) is 27.2. The number of likely N-dealkylation sites (tertiary alicyclic amines) is 1. The SMILES string of the molecule is CN(C)CC1CC(O)CN1C(=O)C1CNC(=O)CN1. The second-order valence-corrected chi connectivity index (χ2v) is 5.53. The van der Waals surface area contributed by atoms with Gasteiger partial charge in [-0.05, 0) is 20.5 Å². The Kier molecular flexibility index (Phi) is 4.38. The maximum absolute atomic E-state index is 12.4. The first-order valence-corrected chi connectivity index (χ1v) is 6.60. The van der Waals surface area contributed by atoms with Gasteiger partial charge in [0.1, 0.15) is 6.04 Å². The van der Waals surface area contributed by atoms with Crippen LogP contribution >= 0.6 is 0 Å². The van der Waals surface area contributed by atoms with Gasteiger partial charge in [0.2, 0.25) is 11.8 Å². The van der Waals surface area contributed by atoms with Gasteiger partial charge in [0.05, 0.1) is 12.6 Å². The number of hydrogen-bond acceptors (Lipinski definition) is 5. The van der Waals surface area contributed by atoms with Crippen molar-refractivity contribution < 1.29 is 14.7 Å². The third-order valence-corrected chi connectivity index (χ3v) is 3.56. The van der Waals surface area contributed by atoms with Crippen molar-refractivity contribution in [2.45, 2.75) is 24.6 Å². The number of β-amino-alcohol motifs (C(OH)–C–C–N with tert-alkyl or cyclic N) is 1. The molecule has 2 saturated heterocycles. The molecule has 2 amide bonds. The number of nitrogens with one attached hydrogen (secondary N) is 2. The van der Waals surface area contributed by atoms with E-state index >= 15 is 0 Å². The summed E-state index contributed by atoms with van der Waals surface area (Å²) >= 11 is 0. The Morgan fingerprint density at radius 1 is 1.53 bits per heavy atom. The largest absolute Gasteiger partial charge is 0.391 e. The highest BCUT2D eigenvalue weighted by Crippen LogP contribution is 2.19. The minimum atomic E-state index is -0.452. The van der Waals surface area contributed by atoms with Gasteiger partial charge >= 0.3 is 0 Å². The number of carbonyl (C=O) groups excluding carboxylic acids is 2. The van der Waals surface area contributed by atoms with Gasteiger partial charge in [0, 0.05) is 25.7 Å². The van der Waals surface area contributed by atoms with E-state index in [1.54, 1.807) is 4.90 Å². The van der Waals surface area contributed by atoms with E-state index in [0.717, 1.165) is 6.54 Å². The summed E-state index contributed by atoms with van der Waals surface area (Å²) in [7, 11) is 3.90. The van der Waals surface area contributed by atoms with Crippen molar-refractivity contribution >= 4 is 11.8 Å². The summed E-state index contributed by atoms with van der Waals surface area (Å²) in [6, 6.07) is -0.343. The highest BCUT2D eigenvalue weighted by atomic mass is 16.3. The van der Waals surface area contributed by atoms with E-state index in [1.807, 2.05) is 19.0 Å². The molecule has 2 aliphatic rings. The second-order valence-electron chi connectivity index (χ2n) is 5.53. The van der Waals surface area contributed by atoms with Gasteiger partial charge in [0.25, 0.3) is 0 Å². The number of nitrogens with zero attached hydrogens (tertiary/aromatic N) is 2. The molecule has 0 saturated carbocycles. The highest BCUT2D eigenvalue weighted by molar-refractivity contribution is 5.87. The molecule has 0 bridgehead atoms. The molecule has 3 unspecified atom stereocenters. The van der Waals surface area contributed by atoms with Crippen LogP contribution in [0.5, 0.6) is 0 Å². The van der Waals surface area contributed by atoms with Crippen molar-refractivity contribution in [3.05, 3.63) is 0 Å². The molecule has 7 nitrogen and oxygen atoms in total. The smallest absolute Gasteiger partial charge is 0.241 e. The minimum absolute atomic E-state index is 0.0385. The van der Waals surface area contributed by atoms with Crippen LogP contribution in [-0.2, 0) is 9.59 Å². The quantitative estimate of drug-likeness (QED) is 0.532. The molecule has 0 aromatic heterocycles. The molecule has 108 valence electrons. The number of amides is 2. The van der Waals surface area contributed by atoms with E-state index in [4.69, 9.17) is 0 Å². The van der Waals surface area contributed by atoms with Crippen LogP contribution < -0.4 is 10.6 Å². The molecule has 2 rings (SSSR count). The van der Waals surface area contributed by atoms with Gasteiger partial charge in [-0.1, -0.05) is 0 Å². The molecular weight excluding hydrogens is 248 g/mol. The summed E-state index contributed by atoms with van der Waals surface area (Å²) in [5.41, 5.74) is 0. The van der Waals surface area contributed by atoms with Crippen molar-refractivity contribution in [1.82, 2.24) is 20.4 Å². The molecule has 2 fully saturated rings. The van der Waals surface area contributed by atoms with Gasteiger partial charge in [-0.2, -0.15) is 0 Å². The molecule has 0 spiro atoms. The highest BCUT2D eigenvalue weighted by Gasteiger charge is 2.38. The van der Waals surface area contributed by atoms with Gasteiger partial charge in [-0.15, -0.1) is 0 Å². The number of carbonyl (C=O) groups is 2. The average Bonchev–Trinajstić information content (AvgIpc) is 2.69. The number of aliphatic hydroxyl groups is 1. The van der Waals surface area contributed by atoms with Crippen LogP contribution in [0.25, 0.3) is 0 Å². The van der Waals surface area contributed by atoms with Crippen LogP contribution in [0.4, 0.5) is 0 Å². The molecule has 7 heteroatoms. The lowest BCUT2D eigenvalue weighted by atomic mass is 10.1. The number of likely N-dealkylation sites (N-methyl/N-ethyl adjacent to an activating group) is 1. The Labute approximate surface area is 112 Å². The monoisotopic (exact) mass is 270 g/mol. The molecule has 3 atom stereocenters. The summed E-state index contributed by atoms with van der Waals surface area (Å²) in [6.07, 6.45) is 0.162. The van der Waals surface area contributed by atoms with E-state index in [1.165, 1.54) is 0 Å². The molecule has 0 radical (unpaired) electrons. The van der Waals surface area contributed by atoms with Crippen molar-refractivity contribution in [2.24, 2.45) is 0 Å². The van der Waals surface area contributed by atoms with Crippen LogP contribution in [0.3, 0.4) is 0 Å². The molecule has 0 aromatic carbocycles. The fraction of sp³-hybridized carbons (Fsp3) is 0.833. The first-order valence-electron chi connectivity index (χ1n) is 6.60. The Balaban J connectivity index is 1.98. The van der Waals surface area contributed by atoms with Crippen LogP contribution in [0, 0.1) is 0 Å². The maximum Gasteiger partial charge on any atom is 0.241 e. The number of rotatable bonds is 3. The molecule has 3 N–H and O–H groups in total. The third kappa shape index (κ3) is 3.43. The summed E-state index contributed by atoms with van der Waals surface area (Å²) in [5, 5.41) is 15.4. The zero-order chi connectivity index (χ0) is 14.0. The van der Waals surface area contributed by atoms with Gasteiger partial charge in [0.15, 0.2) is 0 Å². The van der Waals surface area contributed by atoms with Crippen LogP contribution in [0.2, 0.25) is 0 Å². The molecule has 0 aromatic rings. The zero-order valence-electron chi connectivity index (χ0n) is 11.4. The number of piperazine rings is 1. The van der Waals surface area contributed by atoms with E-state index in [9.17, 15) is 14.7 Å². The summed E-state index contributed by atoms with van der Waals surface area (Å²) < 4.78 is 0. The standard InChI is InChI=1S/C12H22N4O3/c1-15(2)6-8-3-9(17)7-16(8)12(19)10-4-14-11(18)5-13-10/h8-10,13,17H,3-7H2,1-2H3,(H,14,18). The average molecular weight is 270 g/mol. The molecule has 2 aliphatic heterocycles. The first kappa shape index (κ1) is 14.2. The predicted molar refractivity (Wildman–Crippen MR) is 69.5 cm³/mol. The Morgan fingerprint density at radius 2 is 2.26 bits per heavy atom. The van der Waals surface area contributed by atoms with Gasteiger partial charge < -0.3 is 20.2 Å². The van der Waals surface area contributed by atoms with E-state index < -0.39 is 6.10 Å². The first-order chi connectivity index (χ1) is 8.97. The normalized spacial score (nSPS) is 31.7. The third-order valence-electron chi connectivity index (χ3n) is 3.56. The predicted octanol–water partition coefficient (Wildman–Crippen LogP) is -2.40. The minimum Gasteiger partial charge on any atom is -0.391 e. The Bertz CT molecular complexity index is 351. The second kappa shape index (κ2) is 5.85. The van der Waals surface area contributed by atoms with E-state index in [0.29, 0.717) is 19.5 Å². The summed E-state index contributed by atoms with van der Waals surface area (Å²) in [5.74, 6) is -0.126. The van der Waals surface area contributed by atoms with Crippen LogP contribution in [0.1, 0.15) is 6.42 Å². The molecule has 0 aliphatic carbocycles. The van der Waals surface area contributed by atoms with Crippen molar-refractivity contribution in [3.8, 4) is 0 Å². The van der Waals surface area contributed by atoms with Crippen molar-refractivity contribution in [3.63, 3.8) is 0 Å². The fourth-order valence-corrected chi connectivity index (χ4v) is 2.70. The number of aliphatic hydroxyl groups excluding tert-OH is 1. The molecule has 2 heterocycles. The van der Waals surface area contributed by atoms with Crippen LogP contribution in [0.15, 0.2) is 0 Å². The Hall–Kier alpha value is -1.18. The Morgan fingerprint density at radius 3 is 2.84 bits per heavy atom. The van der Waals surface area contributed by atoms with Gasteiger partial charge in [-0.25, -0.2) is 0 Å². The number of hydrogen-bond donors (Lipinski definition) is 3. The summed E-state index contributed by atoms with van der Waals surface area (Å²) in [6.45, 7) is 1.61. The topological polar surface area (TPSA) is 84.9 Å². The zero-order valence-corrected chi connectivity index (χ0v) is 11.4. The lowest BCUT2D eigenvalue weighted by molar-refractivity contribution is -0.136.